The van der Waals surface area contributed by atoms with Crippen LogP contribution in [-0.4, -0.2) is 55.6 Å². The fourth-order valence-corrected chi connectivity index (χ4v) is 6.58. The van der Waals surface area contributed by atoms with Gasteiger partial charge in [-0.25, -0.2) is 8.42 Å². The van der Waals surface area contributed by atoms with Gasteiger partial charge in [-0.2, -0.15) is 4.31 Å². The van der Waals surface area contributed by atoms with Crippen LogP contribution in [0.25, 0.3) is 10.8 Å². The minimum absolute atomic E-state index is 0.0164. The van der Waals surface area contributed by atoms with E-state index in [9.17, 15) is 18.0 Å². The highest BCUT2D eigenvalue weighted by Crippen LogP contribution is 2.33. The molecule has 0 spiro atoms. The number of hydrogen-bond acceptors (Lipinski definition) is 5. The Morgan fingerprint density at radius 3 is 2.36 bits per heavy atom. The molecule has 1 N–H and O–H groups in total. The number of aryl methyl sites for hydroxylation is 1. The third-order valence-electron chi connectivity index (χ3n) is 6.19. The molecule has 0 radical (unpaired) electrons. The molecule has 0 unspecified atom stereocenters. The first-order valence-electron chi connectivity index (χ1n) is 11.0. The molecular weight excluding hydrogens is 458 g/mol. The van der Waals surface area contributed by atoms with E-state index >= 15 is 0 Å². The average molecular weight is 484 g/mol. The summed E-state index contributed by atoms with van der Waals surface area (Å²) in [6.07, 6.45) is 1.85. The van der Waals surface area contributed by atoms with Crippen LogP contribution in [0.2, 0.25) is 0 Å². The van der Waals surface area contributed by atoms with Crippen molar-refractivity contribution in [1.82, 2.24) is 9.21 Å². The number of benzene rings is 2. The fraction of sp³-hybridized carbons (Fsp3) is 0.333. The first-order valence-corrected chi connectivity index (χ1v) is 13.3. The standard InChI is InChI=1S/C24H25N3O4S2/c1-16-14-21(25-23(28)18-6-7-18)32-22(16)24(29)26-10-12-27(13-11-26)33(30,31)20-9-8-17-4-2-3-5-19(17)15-20/h2-5,8-9,14-15,18H,6-7,10-13H2,1H3,(H,25,28). The number of hydrogen-bond donors (Lipinski definition) is 1. The van der Waals surface area contributed by atoms with E-state index in [1.807, 2.05) is 43.3 Å². The Hall–Kier alpha value is -2.75. The van der Waals surface area contributed by atoms with Crippen LogP contribution in [0.3, 0.4) is 0 Å². The van der Waals surface area contributed by atoms with Crippen LogP contribution < -0.4 is 5.32 Å². The molecule has 33 heavy (non-hydrogen) atoms. The van der Waals surface area contributed by atoms with Crippen LogP contribution in [-0.2, 0) is 14.8 Å². The van der Waals surface area contributed by atoms with Gasteiger partial charge in [0, 0.05) is 32.1 Å². The molecular formula is C24H25N3O4S2. The molecule has 2 amide bonds. The second-order valence-corrected chi connectivity index (χ2v) is 11.6. The van der Waals surface area contributed by atoms with Crippen LogP contribution in [0.4, 0.5) is 5.00 Å². The molecule has 2 aromatic carbocycles. The van der Waals surface area contributed by atoms with E-state index in [1.54, 1.807) is 17.0 Å². The molecule has 9 heteroatoms. The van der Waals surface area contributed by atoms with Crippen molar-refractivity contribution in [3.63, 3.8) is 0 Å². The topological polar surface area (TPSA) is 86.8 Å². The fourth-order valence-electron chi connectivity index (χ4n) is 4.08. The minimum Gasteiger partial charge on any atom is -0.335 e. The number of anilines is 1. The summed E-state index contributed by atoms with van der Waals surface area (Å²) in [5, 5.41) is 5.46. The normalized spacial score (nSPS) is 17.3. The number of carbonyl (C=O) groups is 2. The van der Waals surface area contributed by atoms with E-state index < -0.39 is 10.0 Å². The highest BCUT2D eigenvalue weighted by molar-refractivity contribution is 7.89. The summed E-state index contributed by atoms with van der Waals surface area (Å²) < 4.78 is 27.8. The summed E-state index contributed by atoms with van der Waals surface area (Å²) in [5.41, 5.74) is 0.822. The number of nitrogens with zero attached hydrogens (tertiary/aromatic N) is 2. The van der Waals surface area contributed by atoms with E-state index in [1.165, 1.54) is 15.6 Å². The van der Waals surface area contributed by atoms with Crippen LogP contribution in [0.1, 0.15) is 28.1 Å². The first kappa shape index (κ1) is 22.1. The van der Waals surface area contributed by atoms with Crippen LogP contribution in [0.5, 0.6) is 0 Å². The van der Waals surface area contributed by atoms with Gasteiger partial charge in [0.1, 0.15) is 0 Å². The Bertz CT molecular complexity index is 1340. The molecule has 5 rings (SSSR count). The number of piperazine rings is 1. The molecule has 172 valence electrons. The van der Waals surface area contributed by atoms with Gasteiger partial charge in [-0.05, 0) is 54.3 Å². The predicted octanol–water partition coefficient (Wildman–Crippen LogP) is 3.70. The van der Waals surface area contributed by atoms with Crippen LogP contribution >= 0.6 is 11.3 Å². The number of fused-ring (bicyclic) bond motifs is 1. The summed E-state index contributed by atoms with van der Waals surface area (Å²) in [7, 11) is -3.64. The van der Waals surface area contributed by atoms with Crippen molar-refractivity contribution in [2.45, 2.75) is 24.7 Å². The molecule has 0 atom stereocenters. The van der Waals surface area contributed by atoms with Crippen molar-refractivity contribution in [3.05, 3.63) is 59.0 Å². The van der Waals surface area contributed by atoms with Gasteiger partial charge in [0.2, 0.25) is 15.9 Å². The number of rotatable bonds is 5. The Morgan fingerprint density at radius 1 is 0.970 bits per heavy atom. The largest absolute Gasteiger partial charge is 0.335 e. The maximum absolute atomic E-state index is 13.2. The molecule has 3 aromatic rings. The summed E-state index contributed by atoms with van der Waals surface area (Å²) in [5.74, 6) is -0.000813. The average Bonchev–Trinajstić information content (AvgIpc) is 3.61. The summed E-state index contributed by atoms with van der Waals surface area (Å²) in [4.78, 5) is 27.7. The van der Waals surface area contributed by atoms with Crippen molar-refractivity contribution >= 4 is 48.9 Å². The lowest BCUT2D eigenvalue weighted by atomic mass is 10.1. The highest BCUT2D eigenvalue weighted by Gasteiger charge is 2.32. The molecule has 2 fully saturated rings. The lowest BCUT2D eigenvalue weighted by Gasteiger charge is -2.34. The SMILES string of the molecule is Cc1cc(NC(=O)C2CC2)sc1C(=O)N1CCN(S(=O)(=O)c2ccc3ccccc3c2)CC1. The molecule has 0 bridgehead atoms. The molecule has 7 nitrogen and oxygen atoms in total. The molecule has 1 aliphatic heterocycles. The zero-order valence-electron chi connectivity index (χ0n) is 18.3. The van der Waals surface area contributed by atoms with Crippen molar-refractivity contribution in [2.24, 2.45) is 5.92 Å². The van der Waals surface area contributed by atoms with Gasteiger partial charge in [0.05, 0.1) is 14.8 Å². The van der Waals surface area contributed by atoms with Crippen molar-refractivity contribution < 1.29 is 18.0 Å². The Morgan fingerprint density at radius 2 is 1.67 bits per heavy atom. The first-order chi connectivity index (χ1) is 15.8. The number of amides is 2. The van der Waals surface area contributed by atoms with Gasteiger partial charge in [-0.3, -0.25) is 9.59 Å². The predicted molar refractivity (Wildman–Crippen MR) is 129 cm³/mol. The second-order valence-electron chi connectivity index (χ2n) is 8.59. The van der Waals surface area contributed by atoms with E-state index in [0.29, 0.717) is 23.0 Å². The van der Waals surface area contributed by atoms with Gasteiger partial charge in [0.25, 0.3) is 5.91 Å². The molecule has 1 saturated heterocycles. The number of sulfonamides is 1. The second kappa shape index (κ2) is 8.55. The minimum atomic E-state index is -3.64. The number of carbonyl (C=O) groups excluding carboxylic acids is 2. The Kier molecular flexibility index (Phi) is 5.72. The van der Waals surface area contributed by atoms with Crippen LogP contribution in [0.15, 0.2) is 53.4 Å². The third kappa shape index (κ3) is 4.40. The highest BCUT2D eigenvalue weighted by atomic mass is 32.2. The quantitative estimate of drug-likeness (QED) is 0.600. The summed E-state index contributed by atoms with van der Waals surface area (Å²) >= 11 is 1.28. The summed E-state index contributed by atoms with van der Waals surface area (Å²) in [6, 6.07) is 14.7. The van der Waals surface area contributed by atoms with E-state index in [4.69, 9.17) is 0 Å². The zero-order chi connectivity index (χ0) is 23.2. The van der Waals surface area contributed by atoms with Gasteiger partial charge in [-0.1, -0.05) is 30.3 Å². The molecule has 2 heterocycles. The van der Waals surface area contributed by atoms with Crippen molar-refractivity contribution in [2.75, 3.05) is 31.5 Å². The Labute approximate surface area is 197 Å². The lowest BCUT2D eigenvalue weighted by molar-refractivity contribution is -0.117. The zero-order valence-corrected chi connectivity index (χ0v) is 19.9. The smallest absolute Gasteiger partial charge is 0.264 e. The monoisotopic (exact) mass is 483 g/mol. The number of nitrogens with one attached hydrogen (secondary N) is 1. The molecule has 1 aromatic heterocycles. The maximum Gasteiger partial charge on any atom is 0.264 e. The van der Waals surface area contributed by atoms with Crippen LogP contribution in [0, 0.1) is 12.8 Å². The van der Waals surface area contributed by atoms with Gasteiger partial charge >= 0.3 is 0 Å². The van der Waals surface area contributed by atoms with Crippen molar-refractivity contribution in [1.29, 1.82) is 0 Å². The van der Waals surface area contributed by atoms with Gasteiger partial charge in [-0.15, -0.1) is 11.3 Å². The molecule has 1 aliphatic carbocycles. The molecule has 2 aliphatic rings. The Balaban J connectivity index is 1.26. The van der Waals surface area contributed by atoms with E-state index in [-0.39, 0.29) is 35.7 Å². The molecule has 1 saturated carbocycles. The number of thiophene rings is 1. The van der Waals surface area contributed by atoms with Gasteiger partial charge < -0.3 is 10.2 Å². The van der Waals surface area contributed by atoms with Crippen molar-refractivity contribution in [3.8, 4) is 0 Å². The lowest BCUT2D eigenvalue weighted by Crippen LogP contribution is -2.50. The van der Waals surface area contributed by atoms with E-state index in [2.05, 4.69) is 5.32 Å². The maximum atomic E-state index is 13.2. The third-order valence-corrected chi connectivity index (χ3v) is 9.23. The van der Waals surface area contributed by atoms with Gasteiger partial charge in [0.15, 0.2) is 0 Å². The van der Waals surface area contributed by atoms with E-state index in [0.717, 1.165) is 29.2 Å². The summed E-state index contributed by atoms with van der Waals surface area (Å²) in [6.45, 7) is 3.00.